The Bertz CT molecular complexity index is 553. The number of fused-ring (bicyclic) bond motifs is 3. The lowest BCUT2D eigenvalue weighted by Gasteiger charge is -2.06. The standard InChI is InChI=1S/C13H9Br/c14-13-7-11(13)9-5-1-3-8-4-2-6-10(13)12(8)9/h1-6,11H,7H2. The second-order valence-electron chi connectivity index (χ2n) is 4.37. The molecule has 0 aromatic heterocycles. The number of alkyl halides is 1. The first-order valence-electron chi connectivity index (χ1n) is 5.02. The molecule has 2 aromatic rings. The average Bonchev–Trinajstić information content (AvgIpc) is 2.84. The van der Waals surface area contributed by atoms with Gasteiger partial charge in [0.1, 0.15) is 0 Å². The Morgan fingerprint density at radius 3 is 2.79 bits per heavy atom. The molecule has 0 aliphatic heterocycles. The van der Waals surface area contributed by atoms with Gasteiger partial charge in [0.25, 0.3) is 0 Å². The summed E-state index contributed by atoms with van der Waals surface area (Å²) in [6.07, 6.45) is 1.28. The van der Waals surface area contributed by atoms with Gasteiger partial charge in [-0.15, -0.1) is 0 Å². The number of rotatable bonds is 0. The van der Waals surface area contributed by atoms with Crippen LogP contribution in [0.4, 0.5) is 0 Å². The molecule has 0 spiro atoms. The van der Waals surface area contributed by atoms with Crippen LogP contribution in [-0.2, 0) is 4.32 Å². The van der Waals surface area contributed by atoms with Gasteiger partial charge in [-0.05, 0) is 28.3 Å². The molecule has 2 aliphatic carbocycles. The van der Waals surface area contributed by atoms with Gasteiger partial charge in [0.2, 0.25) is 0 Å². The number of hydrogen-bond donors (Lipinski definition) is 0. The largest absolute Gasteiger partial charge is 0.0794 e. The summed E-state index contributed by atoms with van der Waals surface area (Å²) in [4.78, 5) is 0. The van der Waals surface area contributed by atoms with E-state index in [-0.39, 0.29) is 0 Å². The van der Waals surface area contributed by atoms with Crippen molar-refractivity contribution in [1.29, 1.82) is 0 Å². The molecule has 2 aliphatic rings. The SMILES string of the molecule is BrC12CC1c1cccc3cccc2c13. The molecule has 2 unspecified atom stereocenters. The monoisotopic (exact) mass is 244 g/mol. The van der Waals surface area contributed by atoms with Gasteiger partial charge in [0.15, 0.2) is 0 Å². The van der Waals surface area contributed by atoms with Gasteiger partial charge in [-0.2, -0.15) is 0 Å². The van der Waals surface area contributed by atoms with E-state index in [1.807, 2.05) is 0 Å². The Balaban J connectivity index is 2.27. The average molecular weight is 245 g/mol. The van der Waals surface area contributed by atoms with Crippen LogP contribution in [0.1, 0.15) is 23.5 Å². The molecule has 4 rings (SSSR count). The minimum Gasteiger partial charge on any atom is -0.0794 e. The van der Waals surface area contributed by atoms with Crippen molar-refractivity contribution in [1.82, 2.24) is 0 Å². The molecule has 0 amide bonds. The minimum absolute atomic E-state index is 0.302. The van der Waals surface area contributed by atoms with Crippen LogP contribution in [0.15, 0.2) is 36.4 Å². The van der Waals surface area contributed by atoms with Crippen molar-refractivity contribution in [2.24, 2.45) is 0 Å². The molecule has 1 saturated carbocycles. The molecule has 68 valence electrons. The topological polar surface area (TPSA) is 0 Å². The van der Waals surface area contributed by atoms with Crippen LogP contribution < -0.4 is 0 Å². The summed E-state index contributed by atoms with van der Waals surface area (Å²) >= 11 is 3.89. The fourth-order valence-electron chi connectivity index (χ4n) is 2.90. The third-order valence-corrected chi connectivity index (χ3v) is 4.96. The Morgan fingerprint density at radius 2 is 1.93 bits per heavy atom. The first-order chi connectivity index (χ1) is 6.81. The lowest BCUT2D eigenvalue weighted by atomic mass is 10.0. The summed E-state index contributed by atoms with van der Waals surface area (Å²) in [6.45, 7) is 0. The van der Waals surface area contributed by atoms with Crippen LogP contribution in [-0.4, -0.2) is 0 Å². The van der Waals surface area contributed by atoms with E-state index >= 15 is 0 Å². The zero-order valence-corrected chi connectivity index (χ0v) is 9.21. The van der Waals surface area contributed by atoms with Crippen molar-refractivity contribution >= 4 is 26.7 Å². The number of benzene rings is 2. The van der Waals surface area contributed by atoms with Crippen molar-refractivity contribution in [2.75, 3.05) is 0 Å². The summed E-state index contributed by atoms with van der Waals surface area (Å²) in [6, 6.07) is 13.3. The maximum absolute atomic E-state index is 3.89. The Morgan fingerprint density at radius 1 is 1.14 bits per heavy atom. The first kappa shape index (κ1) is 7.47. The number of hydrogen-bond acceptors (Lipinski definition) is 0. The lowest BCUT2D eigenvalue weighted by molar-refractivity contribution is 1.04. The second kappa shape index (κ2) is 2.06. The van der Waals surface area contributed by atoms with Crippen molar-refractivity contribution in [3.8, 4) is 0 Å². The highest BCUT2D eigenvalue weighted by Crippen LogP contribution is 2.71. The maximum Gasteiger partial charge on any atom is 0.0587 e. The normalized spacial score (nSPS) is 31.9. The fourth-order valence-corrected chi connectivity index (χ4v) is 3.80. The van der Waals surface area contributed by atoms with Gasteiger partial charge < -0.3 is 0 Å². The lowest BCUT2D eigenvalue weighted by Crippen LogP contribution is -1.92. The highest BCUT2D eigenvalue weighted by molar-refractivity contribution is 9.09. The van der Waals surface area contributed by atoms with Crippen LogP contribution in [0.5, 0.6) is 0 Å². The maximum atomic E-state index is 3.89. The van der Waals surface area contributed by atoms with Gasteiger partial charge in [-0.3, -0.25) is 0 Å². The molecule has 0 radical (unpaired) electrons. The van der Waals surface area contributed by atoms with Crippen molar-refractivity contribution < 1.29 is 0 Å². The van der Waals surface area contributed by atoms with Gasteiger partial charge in [-0.1, -0.05) is 52.3 Å². The molecular weight excluding hydrogens is 236 g/mol. The van der Waals surface area contributed by atoms with Crippen LogP contribution in [0, 0.1) is 0 Å². The van der Waals surface area contributed by atoms with Crippen molar-refractivity contribution in [3.63, 3.8) is 0 Å². The van der Waals surface area contributed by atoms with Gasteiger partial charge in [-0.25, -0.2) is 0 Å². The van der Waals surface area contributed by atoms with E-state index in [1.54, 1.807) is 5.56 Å². The molecular formula is C13H9Br. The predicted octanol–water partition coefficient (Wildman–Crippen LogP) is 3.93. The Kier molecular flexibility index (Phi) is 1.10. The van der Waals surface area contributed by atoms with Crippen molar-refractivity contribution in [3.05, 3.63) is 47.5 Å². The molecule has 1 heteroatoms. The summed E-state index contributed by atoms with van der Waals surface area (Å²) in [5.41, 5.74) is 3.06. The summed E-state index contributed by atoms with van der Waals surface area (Å²) in [5, 5.41) is 2.90. The Labute approximate surface area is 91.1 Å². The first-order valence-corrected chi connectivity index (χ1v) is 5.81. The molecule has 2 atom stereocenters. The molecule has 0 bridgehead atoms. The van der Waals surface area contributed by atoms with E-state index in [4.69, 9.17) is 0 Å². The molecule has 1 fully saturated rings. The van der Waals surface area contributed by atoms with Crippen LogP contribution >= 0.6 is 15.9 Å². The van der Waals surface area contributed by atoms with Crippen LogP contribution in [0.25, 0.3) is 10.8 Å². The molecule has 0 saturated heterocycles. The highest BCUT2D eigenvalue weighted by Gasteiger charge is 2.59. The quantitative estimate of drug-likeness (QED) is 0.617. The molecule has 2 aromatic carbocycles. The van der Waals surface area contributed by atoms with E-state index in [0.717, 1.165) is 5.92 Å². The molecule has 14 heavy (non-hydrogen) atoms. The zero-order chi connectivity index (χ0) is 9.34. The van der Waals surface area contributed by atoms with E-state index in [0.29, 0.717) is 4.32 Å². The smallest absolute Gasteiger partial charge is 0.0587 e. The van der Waals surface area contributed by atoms with E-state index < -0.39 is 0 Å². The molecule has 0 N–H and O–H groups in total. The third-order valence-electron chi connectivity index (χ3n) is 3.65. The summed E-state index contributed by atoms with van der Waals surface area (Å²) in [7, 11) is 0. The minimum atomic E-state index is 0.302. The van der Waals surface area contributed by atoms with Gasteiger partial charge in [0.05, 0.1) is 4.32 Å². The van der Waals surface area contributed by atoms with Crippen LogP contribution in [0.2, 0.25) is 0 Å². The van der Waals surface area contributed by atoms with E-state index in [2.05, 4.69) is 52.3 Å². The highest BCUT2D eigenvalue weighted by atomic mass is 79.9. The fraction of sp³-hybridized carbons (Fsp3) is 0.231. The van der Waals surface area contributed by atoms with E-state index in [9.17, 15) is 0 Å². The molecule has 0 heterocycles. The third kappa shape index (κ3) is 0.651. The summed E-state index contributed by atoms with van der Waals surface area (Å²) in [5.74, 6) is 0.739. The predicted molar refractivity (Wildman–Crippen MR) is 61.9 cm³/mol. The summed E-state index contributed by atoms with van der Waals surface area (Å²) < 4.78 is 0.302. The van der Waals surface area contributed by atoms with Crippen molar-refractivity contribution in [2.45, 2.75) is 16.7 Å². The Hall–Kier alpha value is -0.820. The second-order valence-corrected chi connectivity index (χ2v) is 5.79. The molecule has 0 nitrogen and oxygen atoms in total. The van der Waals surface area contributed by atoms with Gasteiger partial charge in [0, 0.05) is 5.92 Å². The van der Waals surface area contributed by atoms with E-state index in [1.165, 1.54) is 22.8 Å². The number of halogens is 1. The van der Waals surface area contributed by atoms with Crippen LogP contribution in [0.3, 0.4) is 0 Å². The van der Waals surface area contributed by atoms with Gasteiger partial charge >= 0.3 is 0 Å². The zero-order valence-electron chi connectivity index (χ0n) is 7.63.